The normalized spacial score (nSPS) is 17.1. The number of rotatable bonds is 8. The largest absolute Gasteiger partial charge is 0.465 e. The van der Waals surface area contributed by atoms with Crippen LogP contribution < -0.4 is 5.32 Å². The minimum Gasteiger partial charge on any atom is -0.465 e. The van der Waals surface area contributed by atoms with Crippen molar-refractivity contribution in [3.63, 3.8) is 0 Å². The molecule has 1 aliphatic carbocycles. The molecular weight excluding hydrogens is 513 g/mol. The van der Waals surface area contributed by atoms with Crippen LogP contribution in [-0.4, -0.2) is 47.8 Å². The fraction of sp³-hybridized carbons (Fsp3) is 0.476. The van der Waals surface area contributed by atoms with Gasteiger partial charge in [0.2, 0.25) is 0 Å². The Hall–Kier alpha value is -1.72. The van der Waals surface area contributed by atoms with Gasteiger partial charge < -0.3 is 19.7 Å². The van der Waals surface area contributed by atoms with Crippen molar-refractivity contribution in [2.75, 3.05) is 6.61 Å². The van der Waals surface area contributed by atoms with E-state index in [1.807, 2.05) is 10.8 Å². The molecule has 3 rings (SSSR count). The third-order valence-corrected chi connectivity index (χ3v) is 7.76. The van der Waals surface area contributed by atoms with E-state index in [1.54, 1.807) is 6.20 Å². The average molecular weight is 541 g/mol. The van der Waals surface area contributed by atoms with Gasteiger partial charge in [0.15, 0.2) is 6.29 Å². The molecule has 1 aliphatic rings. The highest BCUT2D eigenvalue weighted by Gasteiger charge is 2.24. The summed E-state index contributed by atoms with van der Waals surface area (Å²) in [4.78, 5) is 27.4. The van der Waals surface area contributed by atoms with E-state index in [1.165, 1.54) is 0 Å². The second-order valence-electron chi connectivity index (χ2n) is 8.86. The van der Waals surface area contributed by atoms with Gasteiger partial charge in [-0.3, -0.25) is 4.79 Å². The number of nitrogens with one attached hydrogen (secondary N) is 1. The predicted molar refractivity (Wildman–Crippen MR) is 129 cm³/mol. The fourth-order valence-corrected chi connectivity index (χ4v) is 5.31. The zero-order chi connectivity index (χ0) is 21.9. The summed E-state index contributed by atoms with van der Waals surface area (Å²) >= 11 is 2.27. The standard InChI is InChI=1S/C21H28IN3O4Si/c1-30(2,3)8-7-29-13-25-11-17(22)19-18(15(12-26)10-23-20(19)25)14-5-4-6-16(9-14)24-21(27)28/h5,10-12,16,24H,4,6-9,13H2,1-3H3,(H,27,28). The number of nitrogens with zero attached hydrogens (tertiary/aromatic N) is 2. The van der Waals surface area contributed by atoms with Gasteiger partial charge in [-0.05, 0) is 53.5 Å². The van der Waals surface area contributed by atoms with Gasteiger partial charge in [-0.1, -0.05) is 25.7 Å². The van der Waals surface area contributed by atoms with Crippen molar-refractivity contribution < 1.29 is 19.4 Å². The molecule has 2 aromatic heterocycles. The first-order valence-corrected chi connectivity index (χ1v) is 14.9. The zero-order valence-corrected chi connectivity index (χ0v) is 20.7. The first kappa shape index (κ1) is 23.0. The number of pyridine rings is 1. The van der Waals surface area contributed by atoms with Crippen LogP contribution in [0.15, 0.2) is 18.5 Å². The smallest absolute Gasteiger partial charge is 0.404 e. The molecule has 0 radical (unpaired) electrons. The van der Waals surface area contributed by atoms with Crippen LogP contribution in [-0.2, 0) is 11.5 Å². The number of ether oxygens (including phenoxy) is 1. The van der Waals surface area contributed by atoms with Gasteiger partial charge in [-0.25, -0.2) is 9.78 Å². The minimum atomic E-state index is -1.15. The maximum Gasteiger partial charge on any atom is 0.404 e. The summed E-state index contributed by atoms with van der Waals surface area (Å²) in [5.74, 6) is 0. The number of allylic oxidation sites excluding steroid dienone is 1. The number of carbonyl (C=O) groups is 2. The average Bonchev–Trinajstić information content (AvgIpc) is 2.99. The molecule has 2 aromatic rings. The Labute approximate surface area is 191 Å². The summed E-state index contributed by atoms with van der Waals surface area (Å²) in [6, 6.07) is 0.942. The number of fused-ring (bicyclic) bond motifs is 1. The number of carboxylic acid groups (broad SMARTS) is 1. The highest BCUT2D eigenvalue weighted by molar-refractivity contribution is 14.1. The van der Waals surface area contributed by atoms with Gasteiger partial charge in [-0.15, -0.1) is 0 Å². The summed E-state index contributed by atoms with van der Waals surface area (Å²) in [5, 5.41) is 12.6. The molecular formula is C21H28IN3O4Si. The third kappa shape index (κ3) is 5.49. The quantitative estimate of drug-likeness (QED) is 0.213. The second kappa shape index (κ2) is 9.61. The first-order chi connectivity index (χ1) is 14.2. The minimum absolute atomic E-state index is 0.158. The highest BCUT2D eigenvalue weighted by Crippen LogP contribution is 2.36. The molecule has 0 spiro atoms. The molecule has 9 heteroatoms. The predicted octanol–water partition coefficient (Wildman–Crippen LogP) is 4.97. The molecule has 162 valence electrons. The number of hydrogen-bond donors (Lipinski definition) is 2. The maximum absolute atomic E-state index is 11.8. The van der Waals surface area contributed by atoms with E-state index in [2.05, 4.69) is 58.6 Å². The summed E-state index contributed by atoms with van der Waals surface area (Å²) in [5.41, 5.74) is 3.16. The van der Waals surface area contributed by atoms with Crippen LogP contribution in [0, 0.1) is 3.57 Å². The van der Waals surface area contributed by atoms with Crippen molar-refractivity contribution in [3.8, 4) is 0 Å². The molecule has 1 unspecified atom stereocenters. The number of halogens is 1. The van der Waals surface area contributed by atoms with E-state index in [4.69, 9.17) is 9.84 Å². The van der Waals surface area contributed by atoms with Crippen molar-refractivity contribution in [1.29, 1.82) is 0 Å². The highest BCUT2D eigenvalue weighted by atomic mass is 127. The van der Waals surface area contributed by atoms with E-state index in [0.717, 1.165) is 57.5 Å². The zero-order valence-electron chi connectivity index (χ0n) is 17.6. The number of hydrogen-bond acceptors (Lipinski definition) is 4. The Morgan fingerprint density at radius 2 is 2.23 bits per heavy atom. The topological polar surface area (TPSA) is 93.5 Å². The number of aromatic nitrogens is 2. The van der Waals surface area contributed by atoms with E-state index < -0.39 is 14.2 Å². The van der Waals surface area contributed by atoms with Crippen LogP contribution in [0.5, 0.6) is 0 Å². The van der Waals surface area contributed by atoms with E-state index >= 15 is 0 Å². The lowest BCUT2D eigenvalue weighted by molar-refractivity contribution is 0.0898. The molecule has 0 bridgehead atoms. The molecule has 0 saturated heterocycles. The van der Waals surface area contributed by atoms with Gasteiger partial charge in [0, 0.05) is 53.2 Å². The molecule has 0 fully saturated rings. The van der Waals surface area contributed by atoms with Crippen molar-refractivity contribution in [3.05, 3.63) is 33.2 Å². The molecule has 30 heavy (non-hydrogen) atoms. The summed E-state index contributed by atoms with van der Waals surface area (Å²) in [6.07, 6.45) is 7.60. The number of carbonyl (C=O) groups excluding carboxylic acids is 1. The summed E-state index contributed by atoms with van der Waals surface area (Å²) in [6.45, 7) is 8.11. The molecule has 2 N–H and O–H groups in total. The van der Waals surface area contributed by atoms with Crippen molar-refractivity contribution in [1.82, 2.24) is 14.9 Å². The lowest BCUT2D eigenvalue weighted by Crippen LogP contribution is -2.34. The maximum atomic E-state index is 11.8. The van der Waals surface area contributed by atoms with Crippen molar-refractivity contribution in [2.24, 2.45) is 0 Å². The molecule has 1 atom stereocenters. The Balaban J connectivity index is 1.92. The van der Waals surface area contributed by atoms with Gasteiger partial charge >= 0.3 is 6.09 Å². The van der Waals surface area contributed by atoms with E-state index in [-0.39, 0.29) is 6.04 Å². The monoisotopic (exact) mass is 541 g/mol. The van der Waals surface area contributed by atoms with Crippen LogP contribution in [0.2, 0.25) is 25.7 Å². The van der Waals surface area contributed by atoms with Crippen LogP contribution in [0.1, 0.15) is 35.2 Å². The molecule has 7 nitrogen and oxygen atoms in total. The van der Waals surface area contributed by atoms with Gasteiger partial charge in [0.05, 0.1) is 0 Å². The van der Waals surface area contributed by atoms with Gasteiger partial charge in [0.25, 0.3) is 0 Å². The fourth-order valence-electron chi connectivity index (χ4n) is 3.71. The van der Waals surface area contributed by atoms with Crippen LogP contribution >= 0.6 is 22.6 Å². The number of amides is 1. The van der Waals surface area contributed by atoms with Crippen LogP contribution in [0.25, 0.3) is 16.6 Å². The Morgan fingerprint density at radius 3 is 2.90 bits per heavy atom. The van der Waals surface area contributed by atoms with Crippen LogP contribution in [0.4, 0.5) is 4.79 Å². The Morgan fingerprint density at radius 1 is 1.47 bits per heavy atom. The Kier molecular flexibility index (Phi) is 7.35. The van der Waals surface area contributed by atoms with E-state index in [0.29, 0.717) is 18.7 Å². The lowest BCUT2D eigenvalue weighted by Gasteiger charge is -2.24. The van der Waals surface area contributed by atoms with Crippen molar-refractivity contribution >= 4 is 59.7 Å². The molecule has 0 aliphatic heterocycles. The number of aldehydes is 1. The molecule has 0 aromatic carbocycles. The van der Waals surface area contributed by atoms with Crippen molar-refractivity contribution in [2.45, 2.75) is 57.7 Å². The lowest BCUT2D eigenvalue weighted by atomic mass is 9.87. The molecule has 1 amide bonds. The van der Waals surface area contributed by atoms with E-state index in [9.17, 15) is 9.59 Å². The molecule has 2 heterocycles. The third-order valence-electron chi connectivity index (χ3n) is 5.24. The first-order valence-electron chi connectivity index (χ1n) is 10.1. The van der Waals surface area contributed by atoms with Gasteiger partial charge in [0.1, 0.15) is 12.4 Å². The summed E-state index contributed by atoms with van der Waals surface area (Å²) in [7, 11) is -1.15. The SMILES string of the molecule is C[Si](C)(C)CCOCn1cc(I)c2c(C3=CCCC(NC(=O)O)C3)c(C=O)cnc21. The summed E-state index contributed by atoms with van der Waals surface area (Å²) < 4.78 is 8.89. The van der Waals surface area contributed by atoms with Gasteiger partial charge in [-0.2, -0.15) is 0 Å². The Bertz CT molecular complexity index is 981. The second-order valence-corrected chi connectivity index (χ2v) is 15.6. The molecule has 0 saturated carbocycles. The van der Waals surface area contributed by atoms with Crippen LogP contribution in [0.3, 0.4) is 0 Å².